The summed E-state index contributed by atoms with van der Waals surface area (Å²) >= 11 is 4.73. The number of benzene rings is 2. The molecule has 1 aliphatic heterocycles. The molecule has 0 saturated carbocycles. The first-order valence-corrected chi connectivity index (χ1v) is 12.4. The quantitative estimate of drug-likeness (QED) is 0.541. The van der Waals surface area contributed by atoms with Gasteiger partial charge in [0.1, 0.15) is 5.82 Å². The summed E-state index contributed by atoms with van der Waals surface area (Å²) in [7, 11) is -3.49. The van der Waals surface area contributed by atoms with Crippen molar-refractivity contribution in [3.05, 3.63) is 70.5 Å². The lowest BCUT2D eigenvalue weighted by atomic mass is 10.1. The van der Waals surface area contributed by atoms with Crippen LogP contribution in [0.15, 0.2) is 64.0 Å². The van der Waals surface area contributed by atoms with E-state index in [-0.39, 0.29) is 0 Å². The van der Waals surface area contributed by atoms with Gasteiger partial charge in [-0.3, -0.25) is 0 Å². The van der Waals surface area contributed by atoms with Gasteiger partial charge in [-0.25, -0.2) is 13.4 Å². The van der Waals surface area contributed by atoms with E-state index in [2.05, 4.69) is 42.3 Å². The van der Waals surface area contributed by atoms with Crippen molar-refractivity contribution in [2.45, 2.75) is 17.7 Å². The van der Waals surface area contributed by atoms with Crippen LogP contribution in [0.3, 0.4) is 0 Å². The Morgan fingerprint density at radius 2 is 1.72 bits per heavy atom. The zero-order chi connectivity index (χ0) is 20.3. The molecule has 0 amide bonds. The van der Waals surface area contributed by atoms with Crippen LogP contribution in [0.5, 0.6) is 0 Å². The fraction of sp³-hybridized carbons (Fsp3) is 0.300. The molecule has 0 radical (unpaired) electrons. The Balaban J connectivity index is 1.43. The fourth-order valence-corrected chi connectivity index (χ4v) is 5.78. The lowest BCUT2D eigenvalue weighted by Gasteiger charge is -2.21. The second-order valence-corrected chi connectivity index (χ2v) is 10.4. The molecule has 0 N–H and O–H groups in total. The van der Waals surface area contributed by atoms with E-state index in [4.69, 9.17) is 0 Å². The van der Waals surface area contributed by atoms with Crippen molar-refractivity contribution in [2.75, 3.05) is 31.1 Å². The van der Waals surface area contributed by atoms with Crippen LogP contribution < -0.4 is 4.90 Å². The van der Waals surface area contributed by atoms with Crippen LogP contribution in [0.25, 0.3) is 0 Å². The first-order chi connectivity index (χ1) is 14.0. The number of halogens is 1. The lowest BCUT2D eigenvalue weighted by molar-refractivity contribution is 0.433. The monoisotopic (exact) mass is 492 g/mol. The molecule has 0 unspecified atom stereocenters. The Kier molecular flexibility index (Phi) is 6.29. The Morgan fingerprint density at radius 3 is 2.48 bits per heavy atom. The topological polar surface area (TPSA) is 66.4 Å². The van der Waals surface area contributed by atoms with Crippen LogP contribution in [0.2, 0.25) is 0 Å². The van der Waals surface area contributed by atoms with E-state index in [1.165, 1.54) is 17.1 Å². The van der Waals surface area contributed by atoms with E-state index in [0.29, 0.717) is 31.0 Å². The maximum Gasteiger partial charge on any atom is 0.243 e. The molecule has 3 aromatic rings. The van der Waals surface area contributed by atoms with Crippen LogP contribution in [0, 0.1) is 0 Å². The van der Waals surface area contributed by atoms with Crippen molar-refractivity contribution in [1.29, 1.82) is 0 Å². The zero-order valence-electron chi connectivity index (χ0n) is 15.7. The summed E-state index contributed by atoms with van der Waals surface area (Å²) in [5.74, 6) is 0.805. The van der Waals surface area contributed by atoms with Crippen LogP contribution in [-0.2, 0) is 16.4 Å². The van der Waals surface area contributed by atoms with Crippen molar-refractivity contribution in [2.24, 2.45) is 0 Å². The standard InChI is InChI=1S/C20H21BrN4O2S2/c21-17-7-9-18(10-8-17)29(26,27)25-12-4-11-24(13-14-25)20-22-19(23-28-20)15-16-5-2-1-3-6-16/h1-3,5-10H,4,11-15H2. The molecular formula is C20H21BrN4O2S2. The van der Waals surface area contributed by atoms with Crippen molar-refractivity contribution >= 4 is 42.6 Å². The predicted octanol–water partition coefficient (Wildman–Crippen LogP) is 3.79. The first-order valence-electron chi connectivity index (χ1n) is 9.39. The predicted molar refractivity (Wildman–Crippen MR) is 119 cm³/mol. The average molecular weight is 493 g/mol. The van der Waals surface area contributed by atoms with Gasteiger partial charge in [0.25, 0.3) is 0 Å². The van der Waals surface area contributed by atoms with Crippen LogP contribution in [-0.4, -0.2) is 48.3 Å². The van der Waals surface area contributed by atoms with Gasteiger partial charge < -0.3 is 4.90 Å². The molecule has 6 nitrogen and oxygen atoms in total. The normalized spacial score (nSPS) is 16.0. The molecule has 0 spiro atoms. The molecule has 152 valence electrons. The maximum absolute atomic E-state index is 13.0. The third-order valence-corrected chi connectivity index (χ3v) is 8.10. The van der Waals surface area contributed by atoms with Gasteiger partial charge in [-0.1, -0.05) is 46.3 Å². The summed E-state index contributed by atoms with van der Waals surface area (Å²) in [6, 6.07) is 16.9. The molecule has 0 atom stereocenters. The summed E-state index contributed by atoms with van der Waals surface area (Å²) in [5.41, 5.74) is 1.18. The molecule has 9 heteroatoms. The Bertz CT molecular complexity index is 1060. The van der Waals surface area contributed by atoms with E-state index in [1.807, 2.05) is 18.2 Å². The summed E-state index contributed by atoms with van der Waals surface area (Å²) in [6.07, 6.45) is 1.46. The number of hydrogen-bond donors (Lipinski definition) is 0. The molecule has 2 aromatic carbocycles. The second-order valence-electron chi connectivity index (χ2n) is 6.85. The van der Waals surface area contributed by atoms with Crippen molar-refractivity contribution in [1.82, 2.24) is 13.7 Å². The number of rotatable bonds is 5. The maximum atomic E-state index is 13.0. The SMILES string of the molecule is O=S(=O)(c1ccc(Br)cc1)N1CCCN(c2nc(Cc3ccccc3)ns2)CC1. The highest BCUT2D eigenvalue weighted by Gasteiger charge is 2.27. The summed E-state index contributed by atoms with van der Waals surface area (Å²) in [4.78, 5) is 7.16. The number of anilines is 1. The highest BCUT2D eigenvalue weighted by atomic mass is 79.9. The van der Waals surface area contributed by atoms with Gasteiger partial charge in [0.15, 0.2) is 0 Å². The van der Waals surface area contributed by atoms with Crippen molar-refractivity contribution in [3.63, 3.8) is 0 Å². The second kappa shape index (κ2) is 8.91. The first kappa shape index (κ1) is 20.5. The summed E-state index contributed by atoms with van der Waals surface area (Å²) in [6.45, 7) is 2.32. The lowest BCUT2D eigenvalue weighted by Crippen LogP contribution is -2.35. The van der Waals surface area contributed by atoms with E-state index in [1.54, 1.807) is 28.6 Å². The molecule has 4 rings (SSSR count). The van der Waals surface area contributed by atoms with Gasteiger partial charge in [0.2, 0.25) is 15.2 Å². The van der Waals surface area contributed by atoms with Crippen LogP contribution in [0.1, 0.15) is 17.8 Å². The number of nitrogens with zero attached hydrogens (tertiary/aromatic N) is 4. The van der Waals surface area contributed by atoms with Gasteiger partial charge in [0, 0.05) is 48.6 Å². The highest BCUT2D eigenvalue weighted by molar-refractivity contribution is 9.10. The van der Waals surface area contributed by atoms with Gasteiger partial charge in [-0.05, 0) is 36.2 Å². The third kappa shape index (κ3) is 4.85. The van der Waals surface area contributed by atoms with Gasteiger partial charge in [0.05, 0.1) is 4.90 Å². The molecule has 2 heterocycles. The highest BCUT2D eigenvalue weighted by Crippen LogP contribution is 2.24. The molecule has 1 saturated heterocycles. The van der Waals surface area contributed by atoms with E-state index in [9.17, 15) is 8.42 Å². The largest absolute Gasteiger partial charge is 0.345 e. The minimum atomic E-state index is -3.49. The fourth-order valence-electron chi connectivity index (χ4n) is 3.30. The van der Waals surface area contributed by atoms with Crippen LogP contribution in [0.4, 0.5) is 5.13 Å². The van der Waals surface area contributed by atoms with Crippen molar-refractivity contribution < 1.29 is 8.42 Å². The van der Waals surface area contributed by atoms with Crippen molar-refractivity contribution in [3.8, 4) is 0 Å². The number of sulfonamides is 1. The zero-order valence-corrected chi connectivity index (χ0v) is 19.0. The van der Waals surface area contributed by atoms with E-state index < -0.39 is 10.0 Å². The average Bonchev–Trinajstić information content (AvgIpc) is 3.03. The summed E-state index contributed by atoms with van der Waals surface area (Å²) < 4.78 is 32.9. The molecule has 1 aliphatic rings. The molecule has 0 bridgehead atoms. The number of hydrogen-bond acceptors (Lipinski definition) is 6. The third-order valence-electron chi connectivity index (χ3n) is 4.84. The minimum Gasteiger partial charge on any atom is -0.345 e. The molecule has 1 aromatic heterocycles. The smallest absolute Gasteiger partial charge is 0.243 e. The minimum absolute atomic E-state index is 0.329. The molecule has 1 fully saturated rings. The Morgan fingerprint density at radius 1 is 0.966 bits per heavy atom. The number of aromatic nitrogens is 2. The van der Waals surface area contributed by atoms with E-state index in [0.717, 1.165) is 28.4 Å². The Labute approximate surface area is 183 Å². The van der Waals surface area contributed by atoms with Gasteiger partial charge in [-0.2, -0.15) is 8.68 Å². The molecule has 29 heavy (non-hydrogen) atoms. The van der Waals surface area contributed by atoms with E-state index >= 15 is 0 Å². The molecular weight excluding hydrogens is 472 g/mol. The molecule has 0 aliphatic carbocycles. The van der Waals surface area contributed by atoms with Crippen LogP contribution >= 0.6 is 27.5 Å². The van der Waals surface area contributed by atoms with Gasteiger partial charge in [-0.15, -0.1) is 0 Å². The Hall–Kier alpha value is -1.81. The summed E-state index contributed by atoms with van der Waals surface area (Å²) in [5, 5.41) is 0.860. The van der Waals surface area contributed by atoms with Gasteiger partial charge >= 0.3 is 0 Å².